The van der Waals surface area contributed by atoms with Gasteiger partial charge in [-0.25, -0.2) is 4.68 Å². The maximum atomic E-state index is 6.08. The van der Waals surface area contributed by atoms with Gasteiger partial charge in [-0.2, -0.15) is 11.8 Å². The van der Waals surface area contributed by atoms with Crippen LogP contribution in [0.4, 0.5) is 0 Å². The molecule has 2 unspecified atom stereocenters. The Bertz CT molecular complexity index is 450. The van der Waals surface area contributed by atoms with E-state index in [0.717, 1.165) is 50.0 Å². The van der Waals surface area contributed by atoms with Gasteiger partial charge in [-0.15, -0.1) is 5.10 Å². The van der Waals surface area contributed by atoms with Crippen LogP contribution in [-0.4, -0.2) is 62.3 Å². The first kappa shape index (κ1) is 15.6. The Balaban J connectivity index is 1.57. The maximum absolute atomic E-state index is 6.08. The molecule has 1 spiro atoms. The minimum atomic E-state index is 0.128. The monoisotopic (exact) mass is 329 g/mol. The maximum Gasteiger partial charge on any atom is 0.209 e. The van der Waals surface area contributed by atoms with Crippen LogP contribution in [0.15, 0.2) is 5.16 Å². The summed E-state index contributed by atoms with van der Waals surface area (Å²) in [5.41, 5.74) is 0.128. The highest BCUT2D eigenvalue weighted by Crippen LogP contribution is 2.42. The first-order valence-corrected chi connectivity index (χ1v) is 9.70. The molecule has 3 heterocycles. The number of hydrogen-bond donors (Lipinski definition) is 1. The van der Waals surface area contributed by atoms with Gasteiger partial charge in [0.15, 0.2) is 0 Å². The molecule has 0 aliphatic carbocycles. The Morgan fingerprint density at radius 1 is 1.57 bits per heavy atom. The number of likely N-dealkylation sites (N-methyl/N-ethyl adjacent to an activating group) is 1. The zero-order valence-electron chi connectivity index (χ0n) is 12.5. The molecule has 2 aliphatic heterocycles. The summed E-state index contributed by atoms with van der Waals surface area (Å²) in [6, 6.07) is 0. The van der Waals surface area contributed by atoms with Crippen molar-refractivity contribution in [2.45, 2.75) is 48.7 Å². The van der Waals surface area contributed by atoms with Gasteiger partial charge in [-0.05, 0) is 42.0 Å². The van der Waals surface area contributed by atoms with Crippen LogP contribution in [0.25, 0.3) is 0 Å². The summed E-state index contributed by atoms with van der Waals surface area (Å²) in [6.45, 7) is 5.69. The molecule has 8 heteroatoms. The van der Waals surface area contributed by atoms with Gasteiger partial charge in [-0.1, -0.05) is 18.7 Å². The van der Waals surface area contributed by atoms with Crippen LogP contribution in [0.3, 0.4) is 0 Å². The van der Waals surface area contributed by atoms with Gasteiger partial charge in [0.05, 0.1) is 12.1 Å². The second-order valence-corrected chi connectivity index (χ2v) is 7.98. The summed E-state index contributed by atoms with van der Waals surface area (Å²) in [4.78, 5) is 0. The molecule has 118 valence electrons. The van der Waals surface area contributed by atoms with Crippen LogP contribution in [0.5, 0.6) is 0 Å². The largest absolute Gasteiger partial charge is 0.374 e. The van der Waals surface area contributed by atoms with Gasteiger partial charge in [0.1, 0.15) is 0 Å². The van der Waals surface area contributed by atoms with Crippen molar-refractivity contribution in [2.24, 2.45) is 0 Å². The van der Waals surface area contributed by atoms with Crippen molar-refractivity contribution >= 4 is 23.5 Å². The van der Waals surface area contributed by atoms with E-state index in [0.29, 0.717) is 5.25 Å². The highest BCUT2D eigenvalue weighted by atomic mass is 32.2. The highest BCUT2D eigenvalue weighted by molar-refractivity contribution is 8.00. The van der Waals surface area contributed by atoms with Crippen molar-refractivity contribution in [3.8, 4) is 0 Å². The van der Waals surface area contributed by atoms with Crippen LogP contribution in [0.1, 0.15) is 26.2 Å². The summed E-state index contributed by atoms with van der Waals surface area (Å²) >= 11 is 3.84. The van der Waals surface area contributed by atoms with E-state index in [-0.39, 0.29) is 5.60 Å². The van der Waals surface area contributed by atoms with E-state index in [1.54, 1.807) is 0 Å². The lowest BCUT2D eigenvalue weighted by Crippen LogP contribution is -2.41. The minimum Gasteiger partial charge on any atom is -0.374 e. The Kier molecular flexibility index (Phi) is 5.42. The molecule has 0 radical (unpaired) electrons. The summed E-state index contributed by atoms with van der Waals surface area (Å²) in [5, 5.41) is 17.0. The van der Waals surface area contributed by atoms with Gasteiger partial charge < -0.3 is 10.1 Å². The summed E-state index contributed by atoms with van der Waals surface area (Å²) in [5.74, 6) is 2.38. The zero-order valence-corrected chi connectivity index (χ0v) is 14.1. The van der Waals surface area contributed by atoms with E-state index in [4.69, 9.17) is 4.74 Å². The van der Waals surface area contributed by atoms with Crippen molar-refractivity contribution in [2.75, 3.05) is 31.2 Å². The molecule has 2 fully saturated rings. The fraction of sp³-hybridized carbons (Fsp3) is 0.923. The average molecular weight is 329 g/mol. The molecule has 2 atom stereocenters. The minimum absolute atomic E-state index is 0.128. The van der Waals surface area contributed by atoms with E-state index < -0.39 is 0 Å². The molecule has 1 aromatic heterocycles. The Hall–Kier alpha value is -0.310. The third-order valence-corrected chi connectivity index (χ3v) is 6.50. The normalized spacial score (nSPS) is 29.3. The number of thioether (sulfide) groups is 2. The van der Waals surface area contributed by atoms with Crippen LogP contribution in [-0.2, 0) is 11.3 Å². The number of nitrogens with zero attached hydrogens (tertiary/aromatic N) is 4. The average Bonchev–Trinajstić information content (AvgIpc) is 3.10. The van der Waals surface area contributed by atoms with Crippen molar-refractivity contribution in [1.29, 1.82) is 0 Å². The molecule has 0 aromatic carbocycles. The van der Waals surface area contributed by atoms with Crippen molar-refractivity contribution in [3.63, 3.8) is 0 Å². The lowest BCUT2D eigenvalue weighted by atomic mass is 9.93. The molecule has 2 aliphatic rings. The third-order valence-electron chi connectivity index (χ3n) is 4.04. The van der Waals surface area contributed by atoms with Crippen molar-refractivity contribution in [1.82, 2.24) is 25.5 Å². The molecule has 0 bridgehead atoms. The Labute approximate surface area is 134 Å². The second-order valence-electron chi connectivity index (χ2n) is 5.60. The predicted molar refractivity (Wildman–Crippen MR) is 85.9 cm³/mol. The first-order chi connectivity index (χ1) is 10.3. The Morgan fingerprint density at radius 3 is 3.33 bits per heavy atom. The number of tetrazole rings is 1. The van der Waals surface area contributed by atoms with E-state index >= 15 is 0 Å². The van der Waals surface area contributed by atoms with E-state index in [9.17, 15) is 0 Å². The second kappa shape index (κ2) is 7.30. The number of rotatable bonds is 6. The quantitative estimate of drug-likeness (QED) is 0.792. The van der Waals surface area contributed by atoms with E-state index in [1.807, 2.05) is 28.2 Å². The smallest absolute Gasteiger partial charge is 0.209 e. The van der Waals surface area contributed by atoms with Crippen LogP contribution < -0.4 is 5.32 Å². The fourth-order valence-corrected chi connectivity index (χ4v) is 5.49. The topological polar surface area (TPSA) is 64.9 Å². The van der Waals surface area contributed by atoms with Crippen LogP contribution >= 0.6 is 23.5 Å². The van der Waals surface area contributed by atoms with Gasteiger partial charge in [0.25, 0.3) is 0 Å². The van der Waals surface area contributed by atoms with Crippen LogP contribution in [0.2, 0.25) is 0 Å². The zero-order chi connectivity index (χ0) is 14.5. The predicted octanol–water partition coefficient (Wildman–Crippen LogP) is 1.43. The lowest BCUT2D eigenvalue weighted by Gasteiger charge is -2.37. The molecule has 21 heavy (non-hydrogen) atoms. The van der Waals surface area contributed by atoms with E-state index in [2.05, 4.69) is 27.8 Å². The van der Waals surface area contributed by atoms with Crippen LogP contribution in [0, 0.1) is 0 Å². The third kappa shape index (κ3) is 3.91. The standard InChI is InChI=1S/C13H23N5OS2/c1-2-14-5-6-18-12(15-16-17-18)21-11-3-7-19-13(9-11)4-8-20-10-13/h11,14H,2-10H2,1H3. The molecule has 0 amide bonds. The Morgan fingerprint density at radius 2 is 2.52 bits per heavy atom. The molecule has 3 rings (SSSR count). The molecule has 1 N–H and O–H groups in total. The van der Waals surface area contributed by atoms with Gasteiger partial charge in [-0.3, -0.25) is 0 Å². The van der Waals surface area contributed by atoms with Gasteiger partial charge in [0, 0.05) is 24.2 Å². The SMILES string of the molecule is CCNCCn1nnnc1SC1CCOC2(CCSC2)C1. The molecule has 2 saturated heterocycles. The highest BCUT2D eigenvalue weighted by Gasteiger charge is 2.41. The van der Waals surface area contributed by atoms with Gasteiger partial charge in [0.2, 0.25) is 5.16 Å². The van der Waals surface area contributed by atoms with Crippen molar-refractivity contribution in [3.05, 3.63) is 0 Å². The van der Waals surface area contributed by atoms with Crippen molar-refractivity contribution < 1.29 is 4.74 Å². The number of hydrogen-bond acceptors (Lipinski definition) is 7. The van der Waals surface area contributed by atoms with E-state index in [1.165, 1.54) is 12.2 Å². The molecule has 0 saturated carbocycles. The summed E-state index contributed by atoms with van der Waals surface area (Å²) in [7, 11) is 0. The molecule has 6 nitrogen and oxygen atoms in total. The molecule has 1 aromatic rings. The lowest BCUT2D eigenvalue weighted by molar-refractivity contribution is -0.0562. The first-order valence-electron chi connectivity index (χ1n) is 7.66. The molecular formula is C13H23N5OS2. The molecular weight excluding hydrogens is 306 g/mol. The number of nitrogens with one attached hydrogen (secondary N) is 1. The van der Waals surface area contributed by atoms with Gasteiger partial charge >= 0.3 is 0 Å². The number of ether oxygens (including phenoxy) is 1. The fourth-order valence-electron chi connectivity index (χ4n) is 2.88. The number of aromatic nitrogens is 4. The summed E-state index contributed by atoms with van der Waals surface area (Å²) in [6.07, 6.45) is 3.42. The summed E-state index contributed by atoms with van der Waals surface area (Å²) < 4.78 is 8.00.